The topological polar surface area (TPSA) is 69.8 Å². The van der Waals surface area contributed by atoms with Crippen LogP contribution >= 0.6 is 0 Å². The first kappa shape index (κ1) is 10.2. The lowest BCUT2D eigenvalue weighted by Crippen LogP contribution is -2.43. The number of aromatic nitrogens is 2. The molecule has 1 saturated heterocycles. The van der Waals surface area contributed by atoms with Gasteiger partial charge in [0.15, 0.2) is 5.82 Å². The predicted octanol–water partition coefficient (Wildman–Crippen LogP) is 0.799. The van der Waals surface area contributed by atoms with E-state index in [2.05, 4.69) is 20.8 Å². The highest BCUT2D eigenvalue weighted by Crippen LogP contribution is 2.10. The molecule has 2 rings (SSSR count). The Balaban J connectivity index is 1.91. The highest BCUT2D eigenvalue weighted by molar-refractivity contribution is 5.94. The first-order valence-electron chi connectivity index (χ1n) is 5.32. The number of carbonyl (C=O) groups is 1. The van der Waals surface area contributed by atoms with E-state index >= 15 is 0 Å². The van der Waals surface area contributed by atoms with E-state index in [0.717, 1.165) is 31.5 Å². The van der Waals surface area contributed by atoms with Gasteiger partial charge in [-0.05, 0) is 26.3 Å². The van der Waals surface area contributed by atoms with Crippen LogP contribution in [-0.4, -0.2) is 28.7 Å². The monoisotopic (exact) mass is 208 g/mol. The largest absolute Gasteiger partial charge is 0.308 e. The van der Waals surface area contributed by atoms with Crippen LogP contribution in [0.4, 0.5) is 5.82 Å². The van der Waals surface area contributed by atoms with Crippen LogP contribution in [0.2, 0.25) is 0 Å². The molecule has 1 aliphatic heterocycles. The summed E-state index contributed by atoms with van der Waals surface area (Å²) in [5.74, 6) is 0.617. The number of amides is 1. The number of rotatable bonds is 2. The number of nitrogens with zero attached hydrogens (tertiary/aromatic N) is 1. The summed E-state index contributed by atoms with van der Waals surface area (Å²) in [5.41, 5.74) is 0.946. The fraction of sp³-hybridized carbons (Fsp3) is 0.600. The van der Waals surface area contributed by atoms with E-state index in [0.29, 0.717) is 5.82 Å². The minimum atomic E-state index is -0.0595. The lowest BCUT2D eigenvalue weighted by molar-refractivity contribution is -0.118. The van der Waals surface area contributed by atoms with Crippen molar-refractivity contribution >= 4 is 11.7 Å². The molecule has 0 unspecified atom stereocenters. The minimum absolute atomic E-state index is 0.0150. The maximum atomic E-state index is 11.7. The number of aryl methyl sites for hydroxylation is 1. The van der Waals surface area contributed by atoms with E-state index in [1.165, 1.54) is 0 Å². The van der Waals surface area contributed by atoms with Crippen LogP contribution in [0.25, 0.3) is 0 Å². The molecule has 82 valence electrons. The Kier molecular flexibility index (Phi) is 3.01. The van der Waals surface area contributed by atoms with Crippen LogP contribution in [0.1, 0.15) is 25.0 Å². The Morgan fingerprint density at radius 1 is 1.60 bits per heavy atom. The van der Waals surface area contributed by atoms with Crippen LogP contribution in [0.3, 0.4) is 0 Å². The second-order valence-electron chi connectivity index (χ2n) is 3.93. The number of anilines is 1. The van der Waals surface area contributed by atoms with Gasteiger partial charge in [0.25, 0.3) is 0 Å². The van der Waals surface area contributed by atoms with E-state index in [9.17, 15) is 4.79 Å². The molecular weight excluding hydrogens is 192 g/mol. The molecule has 0 aliphatic carbocycles. The zero-order valence-corrected chi connectivity index (χ0v) is 8.84. The quantitative estimate of drug-likeness (QED) is 0.673. The smallest absolute Gasteiger partial charge is 0.242 e. The van der Waals surface area contributed by atoms with Crippen molar-refractivity contribution < 1.29 is 4.79 Å². The van der Waals surface area contributed by atoms with Crippen molar-refractivity contribution in [2.24, 2.45) is 0 Å². The van der Waals surface area contributed by atoms with Gasteiger partial charge in [-0.3, -0.25) is 9.89 Å². The van der Waals surface area contributed by atoms with Crippen molar-refractivity contribution in [3.63, 3.8) is 0 Å². The van der Waals surface area contributed by atoms with E-state index < -0.39 is 0 Å². The lowest BCUT2D eigenvalue weighted by atomic mass is 10.0. The molecule has 2 heterocycles. The molecule has 5 heteroatoms. The fourth-order valence-corrected chi connectivity index (χ4v) is 1.77. The van der Waals surface area contributed by atoms with Crippen molar-refractivity contribution in [3.8, 4) is 0 Å². The molecule has 0 spiro atoms. The Morgan fingerprint density at radius 3 is 3.07 bits per heavy atom. The van der Waals surface area contributed by atoms with Gasteiger partial charge < -0.3 is 10.6 Å². The molecule has 1 atom stereocenters. The van der Waals surface area contributed by atoms with Crippen molar-refractivity contribution in [3.05, 3.63) is 11.8 Å². The first-order chi connectivity index (χ1) is 7.25. The van der Waals surface area contributed by atoms with Crippen LogP contribution in [-0.2, 0) is 4.79 Å². The molecule has 0 radical (unpaired) electrons. The average Bonchev–Trinajstić information content (AvgIpc) is 2.65. The minimum Gasteiger partial charge on any atom is -0.308 e. The van der Waals surface area contributed by atoms with Crippen molar-refractivity contribution in [2.75, 3.05) is 11.9 Å². The van der Waals surface area contributed by atoms with Gasteiger partial charge in [0.1, 0.15) is 0 Å². The summed E-state index contributed by atoms with van der Waals surface area (Å²) in [6.07, 6.45) is 3.19. The molecule has 3 N–H and O–H groups in total. The third-order valence-electron chi connectivity index (χ3n) is 2.58. The van der Waals surface area contributed by atoms with Gasteiger partial charge in [-0.25, -0.2) is 0 Å². The summed E-state index contributed by atoms with van der Waals surface area (Å²) in [6, 6.07) is 1.76. The molecule has 0 aromatic carbocycles. The van der Waals surface area contributed by atoms with Gasteiger partial charge in [-0.2, -0.15) is 5.10 Å². The number of H-pyrrole nitrogens is 1. The Hall–Kier alpha value is -1.36. The van der Waals surface area contributed by atoms with Gasteiger partial charge in [0, 0.05) is 11.8 Å². The number of nitrogens with one attached hydrogen (secondary N) is 3. The summed E-state index contributed by atoms with van der Waals surface area (Å²) in [5, 5.41) is 12.7. The molecule has 0 saturated carbocycles. The van der Waals surface area contributed by atoms with Gasteiger partial charge in [-0.1, -0.05) is 6.42 Å². The maximum absolute atomic E-state index is 11.7. The highest BCUT2D eigenvalue weighted by atomic mass is 16.2. The van der Waals surface area contributed by atoms with Gasteiger partial charge in [-0.15, -0.1) is 0 Å². The maximum Gasteiger partial charge on any atom is 0.242 e. The SMILES string of the molecule is Cc1cc(NC(=O)[C@@H]2CCCCN2)n[nH]1. The van der Waals surface area contributed by atoms with E-state index in [4.69, 9.17) is 0 Å². The van der Waals surface area contributed by atoms with E-state index in [1.807, 2.05) is 13.0 Å². The molecule has 15 heavy (non-hydrogen) atoms. The Morgan fingerprint density at radius 2 is 2.47 bits per heavy atom. The summed E-state index contributed by atoms with van der Waals surface area (Å²) in [6.45, 7) is 2.83. The van der Waals surface area contributed by atoms with Gasteiger partial charge in [0.2, 0.25) is 5.91 Å². The number of hydrogen-bond donors (Lipinski definition) is 3. The second-order valence-corrected chi connectivity index (χ2v) is 3.93. The summed E-state index contributed by atoms with van der Waals surface area (Å²) >= 11 is 0. The Labute approximate surface area is 88.6 Å². The molecule has 1 fully saturated rings. The predicted molar refractivity (Wildman–Crippen MR) is 57.6 cm³/mol. The van der Waals surface area contributed by atoms with Crippen molar-refractivity contribution in [1.82, 2.24) is 15.5 Å². The van der Waals surface area contributed by atoms with Crippen LogP contribution in [0.15, 0.2) is 6.07 Å². The summed E-state index contributed by atoms with van der Waals surface area (Å²) in [4.78, 5) is 11.7. The van der Waals surface area contributed by atoms with Gasteiger partial charge >= 0.3 is 0 Å². The van der Waals surface area contributed by atoms with Crippen LogP contribution in [0, 0.1) is 6.92 Å². The zero-order chi connectivity index (χ0) is 10.7. The van der Waals surface area contributed by atoms with Crippen LogP contribution < -0.4 is 10.6 Å². The van der Waals surface area contributed by atoms with Crippen LogP contribution in [0.5, 0.6) is 0 Å². The molecule has 0 bridgehead atoms. The second kappa shape index (κ2) is 4.44. The first-order valence-corrected chi connectivity index (χ1v) is 5.32. The average molecular weight is 208 g/mol. The summed E-state index contributed by atoms with van der Waals surface area (Å²) in [7, 11) is 0. The standard InChI is InChI=1S/C10H16N4O/c1-7-6-9(14-13-7)12-10(15)8-4-2-3-5-11-8/h6,8,11H,2-5H2,1H3,(H2,12,13,14,15)/t8-/m0/s1. The summed E-state index contributed by atoms with van der Waals surface area (Å²) < 4.78 is 0. The highest BCUT2D eigenvalue weighted by Gasteiger charge is 2.20. The van der Waals surface area contributed by atoms with Crippen molar-refractivity contribution in [1.29, 1.82) is 0 Å². The number of piperidine rings is 1. The number of aromatic amines is 1. The third-order valence-corrected chi connectivity index (χ3v) is 2.58. The van der Waals surface area contributed by atoms with Gasteiger partial charge in [0.05, 0.1) is 6.04 Å². The third kappa shape index (κ3) is 2.56. The van der Waals surface area contributed by atoms with E-state index in [-0.39, 0.29) is 11.9 Å². The van der Waals surface area contributed by atoms with Crippen molar-refractivity contribution in [2.45, 2.75) is 32.2 Å². The molecule has 5 nitrogen and oxygen atoms in total. The normalized spacial score (nSPS) is 21.3. The van der Waals surface area contributed by atoms with E-state index in [1.54, 1.807) is 0 Å². The molecule has 1 aromatic rings. The number of hydrogen-bond acceptors (Lipinski definition) is 3. The fourth-order valence-electron chi connectivity index (χ4n) is 1.77. The number of carbonyl (C=O) groups excluding carboxylic acids is 1. The molecule has 1 amide bonds. The zero-order valence-electron chi connectivity index (χ0n) is 8.84. The molecular formula is C10H16N4O. The lowest BCUT2D eigenvalue weighted by Gasteiger charge is -2.21. The molecule has 1 aliphatic rings. The molecule has 1 aromatic heterocycles. The Bertz CT molecular complexity index is 341.